The molecule has 0 amide bonds. The van der Waals surface area contributed by atoms with Crippen molar-refractivity contribution in [1.82, 2.24) is 0 Å². The number of carbonyl (C=O) groups excluding carboxylic acids is 1. The minimum atomic E-state index is -0.724. The molecule has 5 heteroatoms. The van der Waals surface area contributed by atoms with E-state index < -0.39 is 11.8 Å². The van der Waals surface area contributed by atoms with Gasteiger partial charge < -0.3 is 9.47 Å². The highest BCUT2D eigenvalue weighted by atomic mass is 19.1. The molecule has 0 unspecified atom stereocenters. The Morgan fingerprint density at radius 3 is 2.46 bits per heavy atom. The van der Waals surface area contributed by atoms with Crippen LogP contribution < -0.4 is 9.47 Å². The molecule has 2 aromatic carbocycles. The van der Waals surface area contributed by atoms with Crippen LogP contribution in [0.25, 0.3) is 6.08 Å². The third kappa shape index (κ3) is 7.24. The van der Waals surface area contributed by atoms with Crippen LogP contribution in [0.1, 0.15) is 50.2 Å². The smallest absolute Gasteiger partial charge is 0.336 e. The van der Waals surface area contributed by atoms with E-state index in [9.17, 15) is 9.18 Å². The second-order valence-corrected chi connectivity index (χ2v) is 6.34. The SMILES string of the molecule is CCCCCCCOc1ccc(/C=C/C(=O)Oc2ccc(C#N)c(F)c2)cc1. The van der Waals surface area contributed by atoms with Gasteiger partial charge in [-0.2, -0.15) is 5.26 Å². The van der Waals surface area contributed by atoms with Gasteiger partial charge in [0.1, 0.15) is 23.4 Å². The predicted molar refractivity (Wildman–Crippen MR) is 106 cm³/mol. The van der Waals surface area contributed by atoms with E-state index in [0.29, 0.717) is 6.61 Å². The van der Waals surface area contributed by atoms with Gasteiger partial charge in [0.15, 0.2) is 0 Å². The average molecular weight is 381 g/mol. The molecule has 2 rings (SSSR count). The van der Waals surface area contributed by atoms with Gasteiger partial charge in [-0.3, -0.25) is 0 Å². The van der Waals surface area contributed by atoms with E-state index >= 15 is 0 Å². The number of ether oxygens (including phenoxy) is 2. The number of rotatable bonds is 10. The van der Waals surface area contributed by atoms with Gasteiger partial charge in [-0.15, -0.1) is 0 Å². The molecule has 0 heterocycles. The highest BCUT2D eigenvalue weighted by Crippen LogP contribution is 2.17. The van der Waals surface area contributed by atoms with Gasteiger partial charge in [-0.05, 0) is 42.3 Å². The van der Waals surface area contributed by atoms with E-state index in [1.807, 2.05) is 24.3 Å². The van der Waals surface area contributed by atoms with E-state index in [1.54, 1.807) is 12.1 Å². The first-order valence-electron chi connectivity index (χ1n) is 9.44. The number of carbonyl (C=O) groups is 1. The van der Waals surface area contributed by atoms with E-state index in [4.69, 9.17) is 14.7 Å². The zero-order valence-corrected chi connectivity index (χ0v) is 16.0. The fraction of sp³-hybridized carbons (Fsp3) is 0.304. The van der Waals surface area contributed by atoms with Gasteiger partial charge in [-0.1, -0.05) is 44.7 Å². The third-order valence-corrected chi connectivity index (χ3v) is 4.09. The summed E-state index contributed by atoms with van der Waals surface area (Å²) in [7, 11) is 0. The van der Waals surface area contributed by atoms with Gasteiger partial charge in [0.2, 0.25) is 0 Å². The lowest BCUT2D eigenvalue weighted by Gasteiger charge is -2.06. The van der Waals surface area contributed by atoms with Crippen molar-refractivity contribution in [1.29, 1.82) is 5.26 Å². The minimum Gasteiger partial charge on any atom is -0.494 e. The van der Waals surface area contributed by atoms with Crippen LogP contribution in [0.5, 0.6) is 11.5 Å². The van der Waals surface area contributed by atoms with Gasteiger partial charge in [-0.25, -0.2) is 9.18 Å². The second kappa shape index (κ2) is 11.6. The van der Waals surface area contributed by atoms with Gasteiger partial charge >= 0.3 is 5.97 Å². The van der Waals surface area contributed by atoms with Crippen molar-refractivity contribution in [2.45, 2.75) is 39.0 Å². The summed E-state index contributed by atoms with van der Waals surface area (Å²) in [5.74, 6) is -0.508. The zero-order chi connectivity index (χ0) is 20.2. The third-order valence-electron chi connectivity index (χ3n) is 4.09. The first-order valence-corrected chi connectivity index (χ1v) is 9.44. The van der Waals surface area contributed by atoms with Crippen molar-refractivity contribution < 1.29 is 18.7 Å². The maximum Gasteiger partial charge on any atom is 0.336 e. The molecule has 0 saturated carbocycles. The highest BCUT2D eigenvalue weighted by Gasteiger charge is 2.06. The van der Waals surface area contributed by atoms with Gasteiger partial charge in [0.05, 0.1) is 12.2 Å². The Labute approximate surface area is 165 Å². The van der Waals surface area contributed by atoms with Crippen LogP contribution in [0.3, 0.4) is 0 Å². The Bertz CT molecular complexity index is 838. The molecular formula is C23H24FNO3. The number of nitriles is 1. The summed E-state index contributed by atoms with van der Waals surface area (Å²) in [5.41, 5.74) is 0.719. The number of hydrogen-bond acceptors (Lipinski definition) is 4. The molecule has 4 nitrogen and oxygen atoms in total. The summed E-state index contributed by atoms with van der Waals surface area (Å²) >= 11 is 0. The van der Waals surface area contributed by atoms with Crippen LogP contribution in [0.15, 0.2) is 48.5 Å². The maximum absolute atomic E-state index is 13.5. The van der Waals surface area contributed by atoms with Crippen molar-refractivity contribution in [3.8, 4) is 17.6 Å². The molecule has 0 radical (unpaired) electrons. The van der Waals surface area contributed by atoms with Crippen LogP contribution in [-0.2, 0) is 4.79 Å². The van der Waals surface area contributed by atoms with E-state index in [1.165, 1.54) is 43.9 Å². The molecule has 146 valence electrons. The molecule has 0 aliphatic rings. The molecule has 2 aromatic rings. The lowest BCUT2D eigenvalue weighted by Crippen LogP contribution is -2.04. The molecular weight excluding hydrogens is 357 g/mol. The van der Waals surface area contributed by atoms with Crippen molar-refractivity contribution in [3.05, 3.63) is 65.5 Å². The lowest BCUT2D eigenvalue weighted by atomic mass is 10.2. The molecule has 0 spiro atoms. The number of unbranched alkanes of at least 4 members (excludes halogenated alkanes) is 4. The Kier molecular flexibility index (Phi) is 8.74. The van der Waals surface area contributed by atoms with Crippen LogP contribution in [0, 0.1) is 17.1 Å². The van der Waals surface area contributed by atoms with Crippen molar-refractivity contribution in [2.24, 2.45) is 0 Å². The quantitative estimate of drug-likeness (QED) is 0.230. The maximum atomic E-state index is 13.5. The van der Waals surface area contributed by atoms with E-state index in [2.05, 4.69) is 6.92 Å². The Hall–Kier alpha value is -3.13. The largest absolute Gasteiger partial charge is 0.494 e. The first kappa shape index (κ1) is 21.2. The second-order valence-electron chi connectivity index (χ2n) is 6.34. The Morgan fingerprint density at radius 1 is 1.07 bits per heavy atom. The molecule has 0 atom stereocenters. The number of hydrogen-bond donors (Lipinski definition) is 0. The number of esters is 1. The molecule has 0 saturated heterocycles. The molecule has 0 fully saturated rings. The lowest BCUT2D eigenvalue weighted by molar-refractivity contribution is -0.128. The number of benzene rings is 2. The zero-order valence-electron chi connectivity index (χ0n) is 16.0. The minimum absolute atomic E-state index is 0.0498. The molecule has 0 N–H and O–H groups in total. The molecule has 0 aliphatic carbocycles. The topological polar surface area (TPSA) is 59.3 Å². The van der Waals surface area contributed by atoms with Gasteiger partial charge in [0.25, 0.3) is 0 Å². The Morgan fingerprint density at radius 2 is 1.79 bits per heavy atom. The Balaban J connectivity index is 1.79. The molecule has 0 aromatic heterocycles. The van der Waals surface area contributed by atoms with E-state index in [-0.39, 0.29) is 11.3 Å². The summed E-state index contributed by atoms with van der Waals surface area (Å²) in [4.78, 5) is 11.8. The van der Waals surface area contributed by atoms with Crippen LogP contribution >= 0.6 is 0 Å². The van der Waals surface area contributed by atoms with Crippen LogP contribution in [0.2, 0.25) is 0 Å². The van der Waals surface area contributed by atoms with Crippen molar-refractivity contribution in [3.63, 3.8) is 0 Å². The number of nitrogens with zero attached hydrogens (tertiary/aromatic N) is 1. The van der Waals surface area contributed by atoms with Crippen molar-refractivity contribution in [2.75, 3.05) is 6.61 Å². The molecule has 0 bridgehead atoms. The normalized spacial score (nSPS) is 10.6. The summed E-state index contributed by atoms with van der Waals surface area (Å²) in [6.45, 7) is 2.89. The van der Waals surface area contributed by atoms with E-state index in [0.717, 1.165) is 23.8 Å². The summed E-state index contributed by atoms with van der Waals surface area (Å²) in [6, 6.07) is 12.8. The summed E-state index contributed by atoms with van der Waals surface area (Å²) in [6.07, 6.45) is 8.84. The summed E-state index contributed by atoms with van der Waals surface area (Å²) in [5, 5.41) is 8.69. The monoisotopic (exact) mass is 381 g/mol. The average Bonchev–Trinajstić information content (AvgIpc) is 2.70. The van der Waals surface area contributed by atoms with Crippen LogP contribution in [-0.4, -0.2) is 12.6 Å². The van der Waals surface area contributed by atoms with Crippen molar-refractivity contribution >= 4 is 12.0 Å². The fourth-order valence-electron chi connectivity index (χ4n) is 2.54. The standard InChI is InChI=1S/C23H24FNO3/c1-2-3-4-5-6-15-27-20-11-7-18(8-12-20)9-14-23(26)28-21-13-10-19(17-25)22(24)16-21/h7-14,16H,2-6,15H2,1H3/b14-9+. The van der Waals surface area contributed by atoms with Crippen LogP contribution in [0.4, 0.5) is 4.39 Å². The fourth-order valence-corrected chi connectivity index (χ4v) is 2.54. The summed E-state index contributed by atoms with van der Waals surface area (Å²) < 4.78 is 24.2. The molecule has 0 aliphatic heterocycles. The highest BCUT2D eigenvalue weighted by molar-refractivity contribution is 5.88. The predicted octanol–water partition coefficient (Wildman–Crippen LogP) is 5.67. The molecule has 28 heavy (non-hydrogen) atoms. The number of halogens is 1. The first-order chi connectivity index (χ1) is 13.6. The van der Waals surface area contributed by atoms with Gasteiger partial charge in [0, 0.05) is 12.1 Å².